The van der Waals surface area contributed by atoms with Gasteiger partial charge in [0.1, 0.15) is 6.10 Å². The van der Waals surface area contributed by atoms with Gasteiger partial charge in [0.25, 0.3) is 0 Å². The highest BCUT2D eigenvalue weighted by Gasteiger charge is 2.27. The third-order valence-electron chi connectivity index (χ3n) is 5.16. The predicted octanol–water partition coefficient (Wildman–Crippen LogP) is 2.52. The molecule has 2 aliphatic heterocycles. The number of hydrogen-bond donors (Lipinski definition) is 2. The quantitative estimate of drug-likeness (QED) is 0.806. The van der Waals surface area contributed by atoms with Crippen LogP contribution >= 0.6 is 0 Å². The summed E-state index contributed by atoms with van der Waals surface area (Å²) in [6.45, 7) is 3.99. The second-order valence-electron chi connectivity index (χ2n) is 7.06. The molecule has 0 aliphatic carbocycles. The lowest BCUT2D eigenvalue weighted by Gasteiger charge is -2.35. The number of carbonyl (C=O) groups is 2. The van der Waals surface area contributed by atoms with Gasteiger partial charge in [0.05, 0.1) is 0 Å². The molecule has 1 aromatic carbocycles. The average molecular weight is 361 g/mol. The van der Waals surface area contributed by atoms with Gasteiger partial charge in [0, 0.05) is 51.6 Å². The van der Waals surface area contributed by atoms with Crippen molar-refractivity contribution in [2.45, 2.75) is 44.4 Å². The van der Waals surface area contributed by atoms with Crippen LogP contribution < -0.4 is 5.32 Å². The molecule has 0 radical (unpaired) electrons. The van der Waals surface area contributed by atoms with Gasteiger partial charge in [-0.1, -0.05) is 30.3 Å². The van der Waals surface area contributed by atoms with Crippen molar-refractivity contribution in [3.63, 3.8) is 0 Å². The van der Waals surface area contributed by atoms with Crippen molar-refractivity contribution < 1.29 is 19.4 Å². The van der Waals surface area contributed by atoms with Gasteiger partial charge in [-0.25, -0.2) is 9.59 Å². The van der Waals surface area contributed by atoms with Crippen LogP contribution in [0.25, 0.3) is 0 Å². The Morgan fingerprint density at radius 1 is 1.04 bits per heavy atom. The Labute approximate surface area is 153 Å². The maximum Gasteiger partial charge on any atom is 0.506 e. The van der Waals surface area contributed by atoms with Crippen molar-refractivity contribution in [2.75, 3.05) is 26.2 Å². The van der Waals surface area contributed by atoms with Gasteiger partial charge in [-0.05, 0) is 18.4 Å². The monoisotopic (exact) mass is 361 g/mol. The Morgan fingerprint density at radius 2 is 1.69 bits per heavy atom. The number of nitrogens with zero attached hydrogens (tertiary/aromatic N) is 2. The lowest BCUT2D eigenvalue weighted by molar-refractivity contribution is 0.0255. The first kappa shape index (κ1) is 18.5. The van der Waals surface area contributed by atoms with Crippen LogP contribution in [0.2, 0.25) is 0 Å². The minimum atomic E-state index is -1.24. The molecule has 2 fully saturated rings. The zero-order chi connectivity index (χ0) is 18.4. The number of carboxylic acid groups (broad SMARTS) is 1. The molecule has 7 nitrogen and oxygen atoms in total. The summed E-state index contributed by atoms with van der Waals surface area (Å²) < 4.78 is 4.78. The lowest BCUT2D eigenvalue weighted by atomic mass is 10.0. The Hall–Kier alpha value is -2.28. The standard InChI is InChI=1S/C19H27N3O4/c23-18(22-12-8-17(9-13-22)26-19(24)25)20-16-6-10-21(11-7-16)14-15-4-2-1-3-5-15/h1-5,16-17H,6-14H2,(H,20,23)(H,24,25). The number of amides is 2. The molecule has 2 N–H and O–H groups in total. The highest BCUT2D eigenvalue weighted by molar-refractivity contribution is 5.74. The van der Waals surface area contributed by atoms with E-state index in [1.54, 1.807) is 4.90 Å². The van der Waals surface area contributed by atoms with Crippen molar-refractivity contribution in [3.05, 3.63) is 35.9 Å². The largest absolute Gasteiger partial charge is 0.506 e. The first-order chi connectivity index (χ1) is 12.6. The summed E-state index contributed by atoms with van der Waals surface area (Å²) in [6.07, 6.45) is 1.51. The van der Waals surface area contributed by atoms with Crippen molar-refractivity contribution in [1.82, 2.24) is 15.1 Å². The van der Waals surface area contributed by atoms with E-state index in [1.807, 2.05) is 6.07 Å². The number of rotatable bonds is 4. The summed E-state index contributed by atoms with van der Waals surface area (Å²) in [6, 6.07) is 10.6. The Kier molecular flexibility index (Phi) is 6.33. The third-order valence-corrected chi connectivity index (χ3v) is 5.16. The van der Waals surface area contributed by atoms with E-state index in [1.165, 1.54) is 5.56 Å². The molecule has 0 saturated carbocycles. The van der Waals surface area contributed by atoms with E-state index in [4.69, 9.17) is 9.84 Å². The van der Waals surface area contributed by atoms with E-state index < -0.39 is 6.16 Å². The molecule has 0 spiro atoms. The van der Waals surface area contributed by atoms with Gasteiger partial charge in [0.15, 0.2) is 0 Å². The van der Waals surface area contributed by atoms with Crippen LogP contribution in [0.4, 0.5) is 9.59 Å². The fourth-order valence-corrected chi connectivity index (χ4v) is 3.66. The minimum absolute atomic E-state index is 0.0414. The van der Waals surface area contributed by atoms with Crippen LogP contribution in [-0.2, 0) is 11.3 Å². The number of hydrogen-bond acceptors (Lipinski definition) is 4. The fourth-order valence-electron chi connectivity index (χ4n) is 3.66. The van der Waals surface area contributed by atoms with E-state index in [9.17, 15) is 9.59 Å². The second-order valence-corrected chi connectivity index (χ2v) is 7.06. The molecule has 0 bridgehead atoms. The molecule has 2 saturated heterocycles. The Balaban J connectivity index is 1.36. The van der Waals surface area contributed by atoms with Crippen molar-refractivity contribution >= 4 is 12.2 Å². The topological polar surface area (TPSA) is 82.1 Å². The molecular weight excluding hydrogens is 334 g/mol. The first-order valence-corrected chi connectivity index (χ1v) is 9.31. The van der Waals surface area contributed by atoms with E-state index in [-0.39, 0.29) is 18.2 Å². The van der Waals surface area contributed by atoms with Gasteiger partial charge >= 0.3 is 12.2 Å². The summed E-state index contributed by atoms with van der Waals surface area (Å²) in [4.78, 5) is 27.2. The van der Waals surface area contributed by atoms with Crippen LogP contribution in [0.3, 0.4) is 0 Å². The number of nitrogens with one attached hydrogen (secondary N) is 1. The van der Waals surface area contributed by atoms with Crippen LogP contribution in [0, 0.1) is 0 Å². The van der Waals surface area contributed by atoms with Gasteiger partial charge in [-0.3, -0.25) is 4.90 Å². The SMILES string of the molecule is O=C(O)OC1CCN(C(=O)NC2CCN(Cc3ccccc3)CC2)CC1. The van der Waals surface area contributed by atoms with E-state index in [0.29, 0.717) is 25.9 Å². The summed E-state index contributed by atoms with van der Waals surface area (Å²) in [7, 11) is 0. The molecule has 2 aliphatic rings. The summed E-state index contributed by atoms with van der Waals surface area (Å²) in [5, 5.41) is 11.8. The number of benzene rings is 1. The smallest absolute Gasteiger partial charge is 0.450 e. The summed E-state index contributed by atoms with van der Waals surface area (Å²) in [5.74, 6) is 0. The van der Waals surface area contributed by atoms with Crippen LogP contribution in [-0.4, -0.2) is 65.4 Å². The molecule has 26 heavy (non-hydrogen) atoms. The molecular formula is C19H27N3O4. The maximum absolute atomic E-state index is 12.4. The molecule has 0 aromatic heterocycles. The highest BCUT2D eigenvalue weighted by Crippen LogP contribution is 2.16. The molecule has 7 heteroatoms. The number of carbonyl (C=O) groups excluding carboxylic acids is 1. The number of ether oxygens (including phenoxy) is 1. The first-order valence-electron chi connectivity index (χ1n) is 9.31. The van der Waals surface area contributed by atoms with E-state index in [2.05, 4.69) is 34.5 Å². The fraction of sp³-hybridized carbons (Fsp3) is 0.579. The summed E-state index contributed by atoms with van der Waals surface area (Å²) in [5.41, 5.74) is 1.32. The van der Waals surface area contributed by atoms with Gasteiger partial charge < -0.3 is 20.1 Å². The maximum atomic E-state index is 12.4. The van der Waals surface area contributed by atoms with Crippen molar-refractivity contribution in [2.24, 2.45) is 0 Å². The van der Waals surface area contributed by atoms with E-state index >= 15 is 0 Å². The van der Waals surface area contributed by atoms with Crippen LogP contribution in [0.5, 0.6) is 0 Å². The number of likely N-dealkylation sites (tertiary alicyclic amines) is 2. The van der Waals surface area contributed by atoms with Crippen LogP contribution in [0.1, 0.15) is 31.2 Å². The molecule has 0 unspecified atom stereocenters. The van der Waals surface area contributed by atoms with Crippen molar-refractivity contribution in [3.8, 4) is 0 Å². The lowest BCUT2D eigenvalue weighted by Crippen LogP contribution is -2.51. The second kappa shape index (κ2) is 8.89. The van der Waals surface area contributed by atoms with Crippen LogP contribution in [0.15, 0.2) is 30.3 Å². The number of urea groups is 1. The molecule has 0 atom stereocenters. The Bertz CT molecular complexity index is 594. The predicted molar refractivity (Wildman–Crippen MR) is 97.0 cm³/mol. The van der Waals surface area contributed by atoms with Crippen molar-refractivity contribution in [1.29, 1.82) is 0 Å². The number of piperidine rings is 2. The molecule has 2 heterocycles. The van der Waals surface area contributed by atoms with Gasteiger partial charge in [0.2, 0.25) is 0 Å². The summed E-state index contributed by atoms with van der Waals surface area (Å²) >= 11 is 0. The normalized spacial score (nSPS) is 19.9. The zero-order valence-corrected chi connectivity index (χ0v) is 15.0. The third kappa shape index (κ3) is 5.36. The zero-order valence-electron chi connectivity index (χ0n) is 15.0. The van der Waals surface area contributed by atoms with Gasteiger partial charge in [-0.2, -0.15) is 0 Å². The van der Waals surface area contributed by atoms with E-state index in [0.717, 1.165) is 32.5 Å². The van der Waals surface area contributed by atoms with Gasteiger partial charge in [-0.15, -0.1) is 0 Å². The Morgan fingerprint density at radius 3 is 2.31 bits per heavy atom. The minimum Gasteiger partial charge on any atom is -0.450 e. The molecule has 142 valence electrons. The molecule has 3 rings (SSSR count). The highest BCUT2D eigenvalue weighted by atomic mass is 16.7. The molecule has 2 amide bonds. The molecule has 1 aromatic rings. The average Bonchev–Trinajstić information content (AvgIpc) is 2.64.